The average Bonchev–Trinajstić information content (AvgIpc) is 3.03. The topological polar surface area (TPSA) is 24.4 Å². The molecule has 1 N–H and O–H groups in total. The van der Waals surface area contributed by atoms with Gasteiger partial charge in [0.1, 0.15) is 5.84 Å². The maximum Gasteiger partial charge on any atom is 0.128 e. The molecule has 108 valence electrons. The SMILES string of the molecule is c1ccc(C2=NCCN2)c(CCCC2CCCCC2)c1. The van der Waals surface area contributed by atoms with E-state index in [0.717, 1.165) is 24.8 Å². The molecule has 1 aromatic rings. The van der Waals surface area contributed by atoms with Crippen molar-refractivity contribution in [2.24, 2.45) is 10.9 Å². The van der Waals surface area contributed by atoms with Crippen LogP contribution in [0.25, 0.3) is 0 Å². The molecule has 1 saturated carbocycles. The monoisotopic (exact) mass is 270 g/mol. The molecule has 1 aromatic carbocycles. The van der Waals surface area contributed by atoms with E-state index in [2.05, 4.69) is 34.6 Å². The highest BCUT2D eigenvalue weighted by Gasteiger charge is 2.15. The molecule has 1 fully saturated rings. The summed E-state index contributed by atoms with van der Waals surface area (Å²) in [7, 11) is 0. The van der Waals surface area contributed by atoms with Crippen LogP contribution in [0.15, 0.2) is 29.3 Å². The first kappa shape index (κ1) is 13.7. The lowest BCUT2D eigenvalue weighted by molar-refractivity contribution is 0.332. The fourth-order valence-electron chi connectivity index (χ4n) is 3.60. The van der Waals surface area contributed by atoms with Gasteiger partial charge in [0.2, 0.25) is 0 Å². The van der Waals surface area contributed by atoms with Crippen molar-refractivity contribution in [3.8, 4) is 0 Å². The molecule has 1 heterocycles. The molecule has 0 amide bonds. The lowest BCUT2D eigenvalue weighted by Gasteiger charge is -2.21. The summed E-state index contributed by atoms with van der Waals surface area (Å²) in [4.78, 5) is 4.57. The minimum Gasteiger partial charge on any atom is -0.368 e. The van der Waals surface area contributed by atoms with E-state index in [0.29, 0.717) is 0 Å². The Kier molecular flexibility index (Phi) is 4.73. The van der Waals surface area contributed by atoms with Gasteiger partial charge in [0.05, 0.1) is 6.54 Å². The Morgan fingerprint density at radius 2 is 1.95 bits per heavy atom. The van der Waals surface area contributed by atoms with Gasteiger partial charge >= 0.3 is 0 Å². The quantitative estimate of drug-likeness (QED) is 0.861. The van der Waals surface area contributed by atoms with Crippen LogP contribution in [0.3, 0.4) is 0 Å². The predicted octanol–water partition coefficient (Wildman–Crippen LogP) is 3.94. The Hall–Kier alpha value is -1.31. The van der Waals surface area contributed by atoms with Crippen LogP contribution in [0, 0.1) is 5.92 Å². The molecule has 0 aromatic heterocycles. The second kappa shape index (κ2) is 6.92. The van der Waals surface area contributed by atoms with Crippen molar-refractivity contribution in [1.82, 2.24) is 5.32 Å². The molecule has 2 heteroatoms. The van der Waals surface area contributed by atoms with E-state index in [1.165, 1.54) is 62.5 Å². The molecule has 2 nitrogen and oxygen atoms in total. The van der Waals surface area contributed by atoms with Gasteiger partial charge in [0.15, 0.2) is 0 Å². The number of nitrogens with one attached hydrogen (secondary N) is 1. The average molecular weight is 270 g/mol. The Balaban J connectivity index is 1.56. The zero-order chi connectivity index (χ0) is 13.6. The van der Waals surface area contributed by atoms with Crippen molar-refractivity contribution in [3.05, 3.63) is 35.4 Å². The zero-order valence-corrected chi connectivity index (χ0v) is 12.4. The van der Waals surface area contributed by atoms with Gasteiger partial charge in [-0.2, -0.15) is 0 Å². The second-order valence-electron chi connectivity index (χ2n) is 6.21. The number of nitrogens with zero attached hydrogens (tertiary/aromatic N) is 1. The molecule has 3 rings (SSSR count). The second-order valence-corrected chi connectivity index (χ2v) is 6.21. The minimum absolute atomic E-state index is 0.922. The first-order valence-electron chi connectivity index (χ1n) is 8.30. The molecule has 0 unspecified atom stereocenters. The van der Waals surface area contributed by atoms with Crippen molar-refractivity contribution in [1.29, 1.82) is 0 Å². The van der Waals surface area contributed by atoms with Gasteiger partial charge in [0.25, 0.3) is 0 Å². The smallest absolute Gasteiger partial charge is 0.128 e. The normalized spacial score (nSPS) is 19.7. The van der Waals surface area contributed by atoms with Crippen molar-refractivity contribution in [2.75, 3.05) is 13.1 Å². The van der Waals surface area contributed by atoms with Crippen LogP contribution in [-0.4, -0.2) is 18.9 Å². The number of rotatable bonds is 5. The van der Waals surface area contributed by atoms with Crippen molar-refractivity contribution in [2.45, 2.75) is 51.4 Å². The number of aliphatic imine (C=N–C) groups is 1. The lowest BCUT2D eigenvalue weighted by atomic mass is 9.85. The standard InChI is InChI=1S/C18H26N2/c1-2-7-15(8-3-1)9-6-11-16-10-4-5-12-17(16)18-19-13-14-20-18/h4-5,10,12,15H,1-3,6-9,11,13-14H2,(H,19,20). The summed E-state index contributed by atoms with van der Waals surface area (Å²) in [6.45, 7) is 1.91. The molecular weight excluding hydrogens is 244 g/mol. The van der Waals surface area contributed by atoms with Gasteiger partial charge in [-0.05, 0) is 24.3 Å². The van der Waals surface area contributed by atoms with Crippen LogP contribution >= 0.6 is 0 Å². The maximum absolute atomic E-state index is 4.57. The van der Waals surface area contributed by atoms with E-state index in [1.54, 1.807) is 0 Å². The number of hydrogen-bond acceptors (Lipinski definition) is 2. The summed E-state index contributed by atoms with van der Waals surface area (Å²) < 4.78 is 0. The van der Waals surface area contributed by atoms with Gasteiger partial charge in [0, 0.05) is 12.1 Å². The van der Waals surface area contributed by atoms with Crippen LogP contribution in [0.5, 0.6) is 0 Å². The highest BCUT2D eigenvalue weighted by molar-refractivity contribution is 6.00. The number of amidine groups is 1. The van der Waals surface area contributed by atoms with Gasteiger partial charge in [-0.25, -0.2) is 0 Å². The largest absolute Gasteiger partial charge is 0.368 e. The van der Waals surface area contributed by atoms with Crippen LogP contribution < -0.4 is 5.32 Å². The van der Waals surface area contributed by atoms with Gasteiger partial charge < -0.3 is 5.32 Å². The third-order valence-corrected chi connectivity index (χ3v) is 4.73. The van der Waals surface area contributed by atoms with Crippen LogP contribution in [0.2, 0.25) is 0 Å². The van der Waals surface area contributed by atoms with Gasteiger partial charge in [-0.3, -0.25) is 4.99 Å². The zero-order valence-electron chi connectivity index (χ0n) is 12.4. The van der Waals surface area contributed by atoms with Crippen LogP contribution in [0.4, 0.5) is 0 Å². The molecule has 2 aliphatic rings. The van der Waals surface area contributed by atoms with E-state index >= 15 is 0 Å². The van der Waals surface area contributed by atoms with Crippen molar-refractivity contribution in [3.63, 3.8) is 0 Å². The first-order chi connectivity index (χ1) is 9.93. The maximum atomic E-state index is 4.57. The fraction of sp³-hybridized carbons (Fsp3) is 0.611. The Morgan fingerprint density at radius 1 is 1.10 bits per heavy atom. The fourth-order valence-corrected chi connectivity index (χ4v) is 3.60. The Bertz CT molecular complexity index is 458. The van der Waals surface area contributed by atoms with E-state index in [4.69, 9.17) is 0 Å². The van der Waals surface area contributed by atoms with E-state index in [1.807, 2.05) is 0 Å². The molecule has 1 aliphatic carbocycles. The van der Waals surface area contributed by atoms with Gasteiger partial charge in [-0.1, -0.05) is 62.8 Å². The molecule has 0 saturated heterocycles. The van der Waals surface area contributed by atoms with E-state index < -0.39 is 0 Å². The summed E-state index contributed by atoms with van der Waals surface area (Å²) in [5, 5.41) is 3.40. The lowest BCUT2D eigenvalue weighted by Crippen LogP contribution is -2.20. The molecule has 0 radical (unpaired) electrons. The van der Waals surface area contributed by atoms with E-state index in [-0.39, 0.29) is 0 Å². The van der Waals surface area contributed by atoms with E-state index in [9.17, 15) is 0 Å². The number of benzene rings is 1. The predicted molar refractivity (Wildman–Crippen MR) is 85.4 cm³/mol. The first-order valence-corrected chi connectivity index (χ1v) is 8.30. The van der Waals surface area contributed by atoms with Gasteiger partial charge in [-0.15, -0.1) is 0 Å². The summed E-state index contributed by atoms with van der Waals surface area (Å²) >= 11 is 0. The molecule has 1 aliphatic heterocycles. The van der Waals surface area contributed by atoms with Crippen LogP contribution in [-0.2, 0) is 6.42 Å². The Labute approximate surface area is 122 Å². The highest BCUT2D eigenvalue weighted by atomic mass is 15.1. The molecule has 0 spiro atoms. The number of hydrogen-bond donors (Lipinski definition) is 1. The molecule has 0 atom stereocenters. The minimum atomic E-state index is 0.922. The molecule has 20 heavy (non-hydrogen) atoms. The summed E-state index contributed by atoms with van der Waals surface area (Å²) in [6, 6.07) is 8.78. The third kappa shape index (κ3) is 3.41. The summed E-state index contributed by atoms with van der Waals surface area (Å²) in [5.74, 6) is 2.11. The number of aryl methyl sites for hydroxylation is 1. The Morgan fingerprint density at radius 3 is 2.75 bits per heavy atom. The van der Waals surface area contributed by atoms with Crippen molar-refractivity contribution < 1.29 is 0 Å². The third-order valence-electron chi connectivity index (χ3n) is 4.73. The summed E-state index contributed by atoms with van der Waals surface area (Å²) in [6.07, 6.45) is 11.3. The summed E-state index contributed by atoms with van der Waals surface area (Å²) in [5.41, 5.74) is 2.80. The van der Waals surface area contributed by atoms with Crippen molar-refractivity contribution >= 4 is 5.84 Å². The van der Waals surface area contributed by atoms with Crippen LogP contribution in [0.1, 0.15) is 56.1 Å². The molecule has 0 bridgehead atoms. The molecular formula is C18H26N2. The highest BCUT2D eigenvalue weighted by Crippen LogP contribution is 2.28.